The molecule has 0 aliphatic heterocycles. The zero-order valence-corrected chi connectivity index (χ0v) is 9.40. The second-order valence-corrected chi connectivity index (χ2v) is 2.32. The quantitative estimate of drug-likeness (QED) is 0.250. The molecule has 0 unspecified atom stereocenters. The molecule has 0 atom stereocenters. The maximum absolute atomic E-state index is 9.78. The predicted octanol–water partition coefficient (Wildman–Crippen LogP) is -5.62. The molecular weight excluding hydrogens is 206 g/mol. The van der Waals surface area contributed by atoms with E-state index in [1.54, 1.807) is 0 Å². The fourth-order valence-electron chi connectivity index (χ4n) is 0.145. The summed E-state index contributed by atoms with van der Waals surface area (Å²) in [6, 6.07) is 0. The van der Waals surface area contributed by atoms with Crippen LogP contribution in [-0.2, 0) is 18.7 Å². The number of rotatable bonds is 1. The van der Waals surface area contributed by atoms with Crippen molar-refractivity contribution in [2.45, 2.75) is 0 Å². The molecule has 0 saturated carbocycles. The summed E-state index contributed by atoms with van der Waals surface area (Å²) in [4.78, 5) is 34.9. The summed E-state index contributed by atoms with van der Waals surface area (Å²) >= 11 is 0. The third-order valence-corrected chi connectivity index (χ3v) is 0.772. The van der Waals surface area contributed by atoms with Crippen LogP contribution in [0.3, 0.4) is 0 Å². The average molecular weight is 208 g/mol. The van der Waals surface area contributed by atoms with Gasteiger partial charge < -0.3 is 14.4 Å². The summed E-state index contributed by atoms with van der Waals surface area (Å²) in [5.74, 6) is -4.39. The molecule has 0 aromatic rings. The van der Waals surface area contributed by atoms with Crippen LogP contribution in [0.15, 0.2) is 0 Å². The van der Waals surface area contributed by atoms with Crippen molar-refractivity contribution in [2.75, 3.05) is 0 Å². The maximum atomic E-state index is 9.78. The van der Waals surface area contributed by atoms with Gasteiger partial charge in [-0.05, 0) is 0 Å². The fraction of sp³-hybridized carbons (Fsp3) is 0. The van der Waals surface area contributed by atoms with E-state index >= 15 is 0 Å². The Labute approximate surface area is 103 Å². The first-order valence-electron chi connectivity index (χ1n) is 1.83. The van der Waals surface area contributed by atoms with Crippen molar-refractivity contribution < 1.29 is 85.0 Å². The summed E-state index contributed by atoms with van der Waals surface area (Å²) in [5, 5.41) is 9.45. The van der Waals surface area contributed by atoms with Crippen molar-refractivity contribution >= 4 is 19.8 Å². The molecule has 0 saturated heterocycles. The largest absolute Gasteiger partial charge is 1.00 e. The number of phosphoric ester groups is 1. The number of carbonyl (C=O) groups excluding carboxylic acids is 2. The van der Waals surface area contributed by atoms with Crippen molar-refractivity contribution in [1.29, 1.82) is 0 Å². The second kappa shape index (κ2) is 5.39. The van der Waals surface area contributed by atoms with Gasteiger partial charge in [-0.15, -0.1) is 0 Å². The Hall–Kier alpha value is 0.726. The smallest absolute Gasteiger partial charge is 0.539 e. The Kier molecular flexibility index (Phi) is 6.98. The number of carboxylic acid groups (broad SMARTS) is 1. The molecular formula is C2H2KO7P. The van der Waals surface area contributed by atoms with Crippen LogP contribution < -0.4 is 56.5 Å². The van der Waals surface area contributed by atoms with Gasteiger partial charge in [-0.25, -0.2) is 9.36 Å². The Morgan fingerprint density at radius 1 is 1.36 bits per heavy atom. The first kappa shape index (κ1) is 14.3. The Bertz CT molecular complexity index is 204. The molecule has 58 valence electrons. The summed E-state index contributed by atoms with van der Waals surface area (Å²) in [5.41, 5.74) is 0. The van der Waals surface area contributed by atoms with E-state index in [0.717, 1.165) is 0 Å². The molecule has 0 aliphatic carbocycles. The van der Waals surface area contributed by atoms with Gasteiger partial charge in [0.1, 0.15) is 0 Å². The van der Waals surface area contributed by atoms with Crippen LogP contribution in [0.4, 0.5) is 0 Å². The maximum Gasteiger partial charge on any atom is 1.00 e. The standard InChI is InChI=1S/C2H3O7P.K/c3-1(4)2(5)9-10(6,7)8;/h(H,3,4)(H2,6,7,8);/q;+1/p-1. The van der Waals surface area contributed by atoms with Gasteiger partial charge >= 0.3 is 65.2 Å². The zero-order chi connectivity index (χ0) is 8.36. The summed E-state index contributed by atoms with van der Waals surface area (Å²) in [7, 11) is -5.05. The first-order chi connectivity index (χ1) is 4.33. The minimum atomic E-state index is -5.05. The third kappa shape index (κ3) is 8.63. The predicted molar refractivity (Wildman–Crippen MR) is 23.1 cm³/mol. The van der Waals surface area contributed by atoms with E-state index in [-0.39, 0.29) is 51.4 Å². The van der Waals surface area contributed by atoms with E-state index in [1.165, 1.54) is 0 Å². The molecule has 0 heterocycles. The number of carboxylic acids is 1. The van der Waals surface area contributed by atoms with Crippen LogP contribution in [0.25, 0.3) is 0 Å². The van der Waals surface area contributed by atoms with Crippen molar-refractivity contribution in [3.8, 4) is 0 Å². The number of carbonyl (C=O) groups is 2. The van der Waals surface area contributed by atoms with Crippen LogP contribution in [0.2, 0.25) is 0 Å². The first-order valence-corrected chi connectivity index (χ1v) is 3.36. The topological polar surface area (TPSA) is 124 Å². The van der Waals surface area contributed by atoms with Crippen LogP contribution in [0.5, 0.6) is 0 Å². The van der Waals surface area contributed by atoms with Gasteiger partial charge in [-0.2, -0.15) is 0 Å². The molecule has 0 bridgehead atoms. The van der Waals surface area contributed by atoms with Crippen LogP contribution in [-0.4, -0.2) is 21.7 Å². The van der Waals surface area contributed by atoms with Crippen LogP contribution in [0, 0.1) is 0 Å². The van der Waals surface area contributed by atoms with E-state index in [9.17, 15) is 19.3 Å². The molecule has 0 aromatic heterocycles. The van der Waals surface area contributed by atoms with E-state index < -0.39 is 19.8 Å². The summed E-state index contributed by atoms with van der Waals surface area (Å²) < 4.78 is 12.8. The normalized spacial score (nSPS) is 9.64. The van der Waals surface area contributed by atoms with Crippen LogP contribution in [0.1, 0.15) is 0 Å². The number of phosphoric acid groups is 1. The Balaban J connectivity index is 0. The van der Waals surface area contributed by atoms with Gasteiger partial charge in [-0.1, -0.05) is 0 Å². The molecule has 11 heavy (non-hydrogen) atoms. The molecule has 0 rings (SSSR count). The third-order valence-electron chi connectivity index (χ3n) is 0.368. The zero-order valence-electron chi connectivity index (χ0n) is 5.38. The molecule has 0 aromatic carbocycles. The fourth-order valence-corrected chi connectivity index (χ4v) is 0.436. The number of hydrogen-bond donors (Lipinski definition) is 2. The summed E-state index contributed by atoms with van der Waals surface area (Å²) in [6.45, 7) is 0. The molecule has 0 radical (unpaired) electrons. The van der Waals surface area contributed by atoms with Gasteiger partial charge in [0.15, 0.2) is 5.97 Å². The molecule has 0 aliphatic rings. The minimum absolute atomic E-state index is 0. The Morgan fingerprint density at radius 2 is 1.73 bits per heavy atom. The van der Waals surface area contributed by atoms with Gasteiger partial charge in [0.05, 0.1) is 0 Å². The molecule has 0 spiro atoms. The molecule has 2 N–H and O–H groups in total. The van der Waals surface area contributed by atoms with E-state index in [2.05, 4.69) is 4.52 Å². The summed E-state index contributed by atoms with van der Waals surface area (Å²) in [6.07, 6.45) is 0. The SMILES string of the molecule is O=C([O-])C(=O)OP(=O)(O)O.[K+]. The van der Waals surface area contributed by atoms with Crippen molar-refractivity contribution in [3.63, 3.8) is 0 Å². The van der Waals surface area contributed by atoms with E-state index in [0.29, 0.717) is 0 Å². The van der Waals surface area contributed by atoms with Gasteiger partial charge in [0.2, 0.25) is 0 Å². The van der Waals surface area contributed by atoms with Gasteiger partial charge in [0.25, 0.3) is 0 Å². The second-order valence-electron chi connectivity index (χ2n) is 1.16. The van der Waals surface area contributed by atoms with E-state index in [1.807, 2.05) is 0 Å². The minimum Gasteiger partial charge on any atom is -0.539 e. The number of aliphatic carboxylic acids is 1. The molecule has 7 nitrogen and oxygen atoms in total. The average Bonchev–Trinajstić information content (AvgIpc) is 1.60. The van der Waals surface area contributed by atoms with Gasteiger partial charge in [-0.3, -0.25) is 9.79 Å². The molecule has 0 fully saturated rings. The van der Waals surface area contributed by atoms with Crippen molar-refractivity contribution in [1.82, 2.24) is 0 Å². The van der Waals surface area contributed by atoms with Crippen LogP contribution >= 0.6 is 7.82 Å². The van der Waals surface area contributed by atoms with Gasteiger partial charge in [0, 0.05) is 0 Å². The Morgan fingerprint density at radius 3 is 1.82 bits per heavy atom. The number of hydrogen-bond acceptors (Lipinski definition) is 5. The van der Waals surface area contributed by atoms with E-state index in [4.69, 9.17) is 9.79 Å². The van der Waals surface area contributed by atoms with Crippen molar-refractivity contribution in [2.24, 2.45) is 0 Å². The molecule has 9 heteroatoms. The molecule has 0 amide bonds. The monoisotopic (exact) mass is 208 g/mol. The van der Waals surface area contributed by atoms with Crippen molar-refractivity contribution in [3.05, 3.63) is 0 Å².